The van der Waals surface area contributed by atoms with Crippen molar-refractivity contribution >= 4 is 5.91 Å². The van der Waals surface area contributed by atoms with Gasteiger partial charge >= 0.3 is 0 Å². The van der Waals surface area contributed by atoms with Crippen molar-refractivity contribution in [2.75, 3.05) is 13.1 Å². The van der Waals surface area contributed by atoms with Gasteiger partial charge in [-0.25, -0.2) is 0 Å². The minimum Gasteiger partial charge on any atom is -0.355 e. The van der Waals surface area contributed by atoms with Gasteiger partial charge in [0.1, 0.15) is 0 Å². The van der Waals surface area contributed by atoms with Gasteiger partial charge in [-0.15, -0.1) is 0 Å². The second-order valence-corrected chi connectivity index (χ2v) is 8.31. The van der Waals surface area contributed by atoms with Crippen LogP contribution in [0.4, 0.5) is 0 Å². The lowest BCUT2D eigenvalue weighted by molar-refractivity contribution is -0.126. The molecule has 1 saturated heterocycles. The van der Waals surface area contributed by atoms with E-state index in [0.29, 0.717) is 36.0 Å². The van der Waals surface area contributed by atoms with E-state index in [0.717, 1.165) is 32.4 Å². The fourth-order valence-electron chi connectivity index (χ4n) is 4.66. The maximum atomic E-state index is 12.5. The van der Waals surface area contributed by atoms with E-state index < -0.39 is 0 Å². The summed E-state index contributed by atoms with van der Waals surface area (Å²) in [6.07, 6.45) is 3.26. The lowest BCUT2D eigenvalue weighted by Gasteiger charge is -2.33. The summed E-state index contributed by atoms with van der Waals surface area (Å²) in [5.41, 5.74) is 0. The molecule has 1 aliphatic carbocycles. The summed E-state index contributed by atoms with van der Waals surface area (Å²) < 4.78 is 0. The summed E-state index contributed by atoms with van der Waals surface area (Å²) >= 11 is 0. The summed E-state index contributed by atoms with van der Waals surface area (Å²) in [4.78, 5) is 15.0. The SMILES string of the molecule is CC1NC2CCC(C(=O)NCCN(C(C)C)C(C)C)CC2C1C. The normalized spacial score (nSPS) is 34.2. The second-order valence-electron chi connectivity index (χ2n) is 8.31. The van der Waals surface area contributed by atoms with E-state index in [4.69, 9.17) is 0 Å². The average molecular weight is 324 g/mol. The number of amides is 1. The van der Waals surface area contributed by atoms with Crippen LogP contribution in [0.5, 0.6) is 0 Å². The Morgan fingerprint density at radius 3 is 2.43 bits per heavy atom. The first kappa shape index (κ1) is 18.7. The molecular weight excluding hydrogens is 286 g/mol. The van der Waals surface area contributed by atoms with Gasteiger partial charge in [0.2, 0.25) is 5.91 Å². The molecule has 134 valence electrons. The van der Waals surface area contributed by atoms with Gasteiger partial charge in [0.25, 0.3) is 0 Å². The van der Waals surface area contributed by atoms with Crippen LogP contribution in [-0.2, 0) is 4.79 Å². The highest BCUT2D eigenvalue weighted by Gasteiger charge is 2.43. The van der Waals surface area contributed by atoms with Crippen molar-refractivity contribution in [2.24, 2.45) is 17.8 Å². The minimum absolute atomic E-state index is 0.220. The maximum Gasteiger partial charge on any atom is 0.223 e. The van der Waals surface area contributed by atoms with Gasteiger partial charge in [-0.05, 0) is 65.7 Å². The minimum atomic E-state index is 0.220. The van der Waals surface area contributed by atoms with Gasteiger partial charge in [-0.1, -0.05) is 6.92 Å². The zero-order valence-corrected chi connectivity index (χ0v) is 15.9. The Kier molecular flexibility index (Phi) is 6.49. The molecule has 5 unspecified atom stereocenters. The summed E-state index contributed by atoms with van der Waals surface area (Å²) in [5, 5.41) is 6.91. The predicted molar refractivity (Wildman–Crippen MR) is 96.4 cm³/mol. The molecule has 2 N–H and O–H groups in total. The molecule has 2 fully saturated rings. The smallest absolute Gasteiger partial charge is 0.223 e. The number of rotatable bonds is 6. The summed E-state index contributed by atoms with van der Waals surface area (Å²) in [6, 6.07) is 2.28. The van der Waals surface area contributed by atoms with Gasteiger partial charge in [0.05, 0.1) is 0 Å². The molecule has 2 aliphatic rings. The van der Waals surface area contributed by atoms with E-state index in [1.54, 1.807) is 0 Å². The van der Waals surface area contributed by atoms with Crippen LogP contribution >= 0.6 is 0 Å². The highest BCUT2D eigenvalue weighted by atomic mass is 16.1. The lowest BCUT2D eigenvalue weighted by atomic mass is 9.74. The Bertz CT molecular complexity index is 388. The van der Waals surface area contributed by atoms with Gasteiger partial charge in [0, 0.05) is 43.2 Å². The molecule has 0 spiro atoms. The maximum absolute atomic E-state index is 12.5. The third kappa shape index (κ3) is 4.48. The van der Waals surface area contributed by atoms with Crippen LogP contribution in [0.1, 0.15) is 60.8 Å². The van der Waals surface area contributed by atoms with Crippen molar-refractivity contribution in [1.29, 1.82) is 0 Å². The third-order valence-corrected chi connectivity index (χ3v) is 6.21. The Balaban J connectivity index is 1.78. The van der Waals surface area contributed by atoms with Crippen LogP contribution in [0.25, 0.3) is 0 Å². The second kappa shape index (κ2) is 7.98. The summed E-state index contributed by atoms with van der Waals surface area (Å²) in [6.45, 7) is 15.2. The van der Waals surface area contributed by atoms with Crippen molar-refractivity contribution in [2.45, 2.75) is 85.0 Å². The highest BCUT2D eigenvalue weighted by Crippen LogP contribution is 2.39. The predicted octanol–water partition coefficient (Wildman–Crippen LogP) is 2.63. The number of carbonyl (C=O) groups excluding carboxylic acids is 1. The Labute approximate surface area is 142 Å². The molecule has 0 aromatic rings. The summed E-state index contributed by atoms with van der Waals surface area (Å²) in [5.74, 6) is 1.87. The highest BCUT2D eigenvalue weighted by molar-refractivity contribution is 5.78. The van der Waals surface area contributed by atoms with E-state index in [2.05, 4.69) is 57.1 Å². The molecule has 5 atom stereocenters. The van der Waals surface area contributed by atoms with Crippen molar-refractivity contribution < 1.29 is 4.79 Å². The lowest BCUT2D eigenvalue weighted by Crippen LogP contribution is -2.45. The first-order valence-electron chi connectivity index (χ1n) is 9.60. The number of hydrogen-bond acceptors (Lipinski definition) is 3. The van der Waals surface area contributed by atoms with E-state index in [9.17, 15) is 4.79 Å². The van der Waals surface area contributed by atoms with Crippen molar-refractivity contribution in [3.8, 4) is 0 Å². The van der Waals surface area contributed by atoms with E-state index in [1.807, 2.05) is 0 Å². The molecule has 0 aromatic carbocycles. The molecule has 0 radical (unpaired) electrons. The quantitative estimate of drug-likeness (QED) is 0.790. The largest absolute Gasteiger partial charge is 0.355 e. The van der Waals surface area contributed by atoms with Crippen LogP contribution in [-0.4, -0.2) is 48.1 Å². The molecule has 1 amide bonds. The summed E-state index contributed by atoms with van der Waals surface area (Å²) in [7, 11) is 0. The third-order valence-electron chi connectivity index (χ3n) is 6.21. The molecule has 23 heavy (non-hydrogen) atoms. The number of nitrogens with one attached hydrogen (secondary N) is 2. The molecule has 1 saturated carbocycles. The molecule has 2 rings (SSSR count). The Hall–Kier alpha value is -0.610. The molecule has 4 heteroatoms. The number of carbonyl (C=O) groups is 1. The van der Waals surface area contributed by atoms with Crippen LogP contribution in [0.3, 0.4) is 0 Å². The van der Waals surface area contributed by atoms with Gasteiger partial charge in [-0.2, -0.15) is 0 Å². The molecule has 1 aliphatic heterocycles. The number of hydrogen-bond donors (Lipinski definition) is 2. The van der Waals surface area contributed by atoms with E-state index in [1.165, 1.54) is 0 Å². The molecular formula is C19H37N3O. The molecule has 0 bridgehead atoms. The Morgan fingerprint density at radius 2 is 1.83 bits per heavy atom. The molecule has 1 heterocycles. The average Bonchev–Trinajstić information content (AvgIpc) is 2.77. The van der Waals surface area contributed by atoms with Crippen LogP contribution in [0, 0.1) is 17.8 Å². The van der Waals surface area contributed by atoms with Crippen LogP contribution in [0.15, 0.2) is 0 Å². The monoisotopic (exact) mass is 323 g/mol. The van der Waals surface area contributed by atoms with E-state index >= 15 is 0 Å². The van der Waals surface area contributed by atoms with Crippen LogP contribution in [0.2, 0.25) is 0 Å². The molecule has 4 nitrogen and oxygen atoms in total. The Morgan fingerprint density at radius 1 is 1.17 bits per heavy atom. The van der Waals surface area contributed by atoms with Crippen molar-refractivity contribution in [1.82, 2.24) is 15.5 Å². The van der Waals surface area contributed by atoms with Gasteiger partial charge in [-0.3, -0.25) is 9.69 Å². The standard InChI is InChI=1S/C19H37N3O/c1-12(2)22(13(3)4)10-9-20-19(23)16-7-8-18-17(11-16)14(5)15(6)21-18/h12-18,21H,7-11H2,1-6H3,(H,20,23). The fraction of sp³-hybridized carbons (Fsp3) is 0.947. The van der Waals surface area contributed by atoms with Crippen molar-refractivity contribution in [3.63, 3.8) is 0 Å². The first-order chi connectivity index (χ1) is 10.8. The fourth-order valence-corrected chi connectivity index (χ4v) is 4.66. The number of fused-ring (bicyclic) bond motifs is 1. The first-order valence-corrected chi connectivity index (χ1v) is 9.60. The zero-order valence-electron chi connectivity index (χ0n) is 15.9. The van der Waals surface area contributed by atoms with E-state index in [-0.39, 0.29) is 11.8 Å². The zero-order chi connectivity index (χ0) is 17.1. The van der Waals surface area contributed by atoms with Gasteiger partial charge in [0.15, 0.2) is 0 Å². The number of nitrogens with zero attached hydrogens (tertiary/aromatic N) is 1. The molecule has 0 aromatic heterocycles. The van der Waals surface area contributed by atoms with Crippen molar-refractivity contribution in [3.05, 3.63) is 0 Å². The van der Waals surface area contributed by atoms with Gasteiger partial charge < -0.3 is 10.6 Å². The van der Waals surface area contributed by atoms with Crippen LogP contribution < -0.4 is 10.6 Å². The topological polar surface area (TPSA) is 44.4 Å².